The van der Waals surface area contributed by atoms with E-state index >= 15 is 0 Å². The highest BCUT2D eigenvalue weighted by atomic mass is 16.4. The summed E-state index contributed by atoms with van der Waals surface area (Å²) >= 11 is 0. The number of rotatable bonds is 9. The van der Waals surface area contributed by atoms with Gasteiger partial charge in [0.1, 0.15) is 6.07 Å². The van der Waals surface area contributed by atoms with Gasteiger partial charge in [-0.15, -0.1) is 0 Å². The zero-order valence-corrected chi connectivity index (χ0v) is 13.8. The third-order valence-electron chi connectivity index (χ3n) is 4.10. The first-order valence-corrected chi connectivity index (χ1v) is 6.74. The zero-order valence-electron chi connectivity index (χ0n) is 18.8. The smallest absolute Gasteiger partial charge is 0.249 e. The Morgan fingerprint density at radius 3 is 1.63 bits per heavy atom. The molecule has 11 heteroatoms. The molecule has 0 aliphatic carbocycles. The zero-order chi connectivity index (χ0) is 25.7. The first-order valence-electron chi connectivity index (χ1n) is 10.3. The van der Waals surface area contributed by atoms with Gasteiger partial charge in [0.15, 0.2) is 40.6 Å². The molecule has 0 aromatic heterocycles. The number of nitriles is 1. The van der Waals surface area contributed by atoms with Gasteiger partial charge in [-0.2, -0.15) is 5.26 Å². The van der Waals surface area contributed by atoms with Gasteiger partial charge in [-0.05, 0) is 34.5 Å². The molecular weight excluding hydrogens is 366 g/mol. The van der Waals surface area contributed by atoms with Gasteiger partial charge in [0.05, 0.1) is 0 Å². The van der Waals surface area contributed by atoms with Crippen molar-refractivity contribution in [1.82, 2.24) is 0 Å². The van der Waals surface area contributed by atoms with Crippen LogP contribution in [0.2, 0.25) is 0 Å². The molecule has 0 saturated carbocycles. The highest BCUT2D eigenvalue weighted by molar-refractivity contribution is 6.10. The summed E-state index contributed by atoms with van der Waals surface area (Å²) in [6.07, 6.45) is -3.35. The van der Waals surface area contributed by atoms with Crippen LogP contribution in [0.4, 0.5) is 0 Å². The molecule has 1 unspecified atom stereocenters. The fourth-order valence-corrected chi connectivity index (χ4v) is 2.49. The molecule has 27 heavy (non-hydrogen) atoms. The highest BCUT2D eigenvalue weighted by Crippen LogP contribution is 2.44. The average Bonchev–Trinajstić information content (AvgIpc) is 2.82. The topological polar surface area (TPSA) is 210 Å². The highest BCUT2D eigenvalue weighted by Gasteiger charge is 2.79. The summed E-state index contributed by atoms with van der Waals surface area (Å²) in [4.78, 5) is 61.7. The number of Topliss-reactive ketones (excluding diaryl/α,β-unsaturated/α-hetero) is 5. The number of hydrogen-bond acceptors (Lipinski definition) is 11. The van der Waals surface area contributed by atoms with E-state index in [1.165, 1.54) is 0 Å². The van der Waals surface area contributed by atoms with Crippen LogP contribution in [0.5, 0.6) is 0 Å². The van der Waals surface area contributed by atoms with Gasteiger partial charge in [-0.3, -0.25) is 24.0 Å². The molecule has 0 fully saturated rings. The number of carbonyl (C=O) groups excluding carboxylic acids is 5. The monoisotopic (exact) mass is 392 g/mol. The lowest BCUT2D eigenvalue weighted by Gasteiger charge is -2.52. The van der Waals surface area contributed by atoms with Crippen LogP contribution in [0.1, 0.15) is 41.4 Å². The lowest BCUT2D eigenvalue weighted by Crippen LogP contribution is -2.85. The molecule has 150 valence electrons. The van der Waals surface area contributed by atoms with Crippen LogP contribution in [0.25, 0.3) is 0 Å². The van der Waals surface area contributed by atoms with Crippen molar-refractivity contribution in [2.75, 3.05) is 0 Å². The van der Waals surface area contributed by atoms with Crippen molar-refractivity contribution in [3.63, 3.8) is 0 Å². The van der Waals surface area contributed by atoms with Gasteiger partial charge >= 0.3 is 0 Å². The molecule has 0 rings (SSSR count). The quantitative estimate of drug-likeness (QED) is 0.246. The summed E-state index contributed by atoms with van der Waals surface area (Å²) < 4.78 is 35.5. The largest absolute Gasteiger partial charge is 0.382 e. The summed E-state index contributed by atoms with van der Waals surface area (Å²) in [6.45, 7) is -8.21. The third kappa shape index (κ3) is 2.91. The fourth-order valence-electron chi connectivity index (χ4n) is 2.49. The van der Waals surface area contributed by atoms with E-state index in [4.69, 9.17) is 6.85 Å². The molecule has 0 radical (unpaired) electrons. The minimum absolute atomic E-state index is 0.666. The van der Waals surface area contributed by atoms with Crippen molar-refractivity contribution in [3.05, 3.63) is 0 Å². The summed E-state index contributed by atoms with van der Waals surface area (Å²) in [5.74, 6) is -10.6. The van der Waals surface area contributed by atoms with E-state index in [1.54, 1.807) is 0 Å². The summed E-state index contributed by atoms with van der Waals surface area (Å²) in [6, 6.07) is 0.666. The van der Waals surface area contributed by atoms with E-state index in [-0.39, 0.29) is 0 Å². The second-order valence-corrected chi connectivity index (χ2v) is 5.57. The van der Waals surface area contributed by atoms with Crippen molar-refractivity contribution < 1.29 is 56.4 Å². The predicted molar refractivity (Wildman–Crippen MR) is 84.8 cm³/mol. The number of aliphatic hydroxyl groups is 5. The Bertz CT molecular complexity index is 850. The summed E-state index contributed by atoms with van der Waals surface area (Å²) in [5, 5.41) is 63.3. The number of carbonyl (C=O) groups is 5. The first kappa shape index (κ1) is 16.8. The van der Waals surface area contributed by atoms with E-state index in [9.17, 15) is 54.8 Å². The van der Waals surface area contributed by atoms with Gasteiger partial charge in [-0.25, -0.2) is 0 Å². The third-order valence-corrected chi connectivity index (χ3v) is 4.10. The average molecular weight is 392 g/mol. The summed E-state index contributed by atoms with van der Waals surface area (Å²) in [5.41, 5.74) is -18.2. The molecule has 5 N–H and O–H groups in total. The molecule has 0 amide bonds. The van der Waals surface area contributed by atoms with Crippen molar-refractivity contribution in [1.29, 1.82) is 5.26 Å². The Kier molecular flexibility index (Phi) is 4.56. The lowest BCUT2D eigenvalue weighted by atomic mass is 9.57. The number of aliphatic hydroxyl groups excluding tert-OH is 1. The fraction of sp³-hybridized carbons (Fsp3) is 0.625. The van der Waals surface area contributed by atoms with E-state index in [0.29, 0.717) is 6.07 Å². The van der Waals surface area contributed by atoms with Crippen LogP contribution < -0.4 is 0 Å². The molecule has 0 spiro atoms. The number of ketones is 5. The van der Waals surface area contributed by atoms with E-state index in [1.807, 2.05) is 0 Å². The predicted octanol–water partition coefficient (Wildman–Crippen LogP) is -3.26. The number of hydrogen-bond donors (Lipinski definition) is 5. The minimum Gasteiger partial charge on any atom is -0.382 e. The van der Waals surface area contributed by atoms with Crippen LogP contribution in [0.3, 0.4) is 0 Å². The lowest BCUT2D eigenvalue weighted by molar-refractivity contribution is -0.268. The summed E-state index contributed by atoms with van der Waals surface area (Å²) in [7, 11) is 0. The Hall–Kier alpha value is -2.36. The van der Waals surface area contributed by atoms with Gasteiger partial charge in [0.25, 0.3) is 0 Å². The Morgan fingerprint density at radius 1 is 0.815 bits per heavy atom. The van der Waals surface area contributed by atoms with Crippen molar-refractivity contribution >= 4 is 28.9 Å². The molecule has 0 heterocycles. The first-order chi connectivity index (χ1) is 14.6. The van der Waals surface area contributed by atoms with Crippen LogP contribution in [0.15, 0.2) is 0 Å². The normalized spacial score (nSPS) is 23.6. The number of nitrogens with zero attached hydrogens (tertiary/aromatic N) is 1. The van der Waals surface area contributed by atoms with Crippen molar-refractivity contribution in [2.45, 2.75) is 63.0 Å². The molecule has 0 aliphatic heterocycles. The van der Waals surface area contributed by atoms with Gasteiger partial charge in [0, 0.05) is 6.85 Å². The molecule has 11 nitrogen and oxygen atoms in total. The molecule has 0 bridgehead atoms. The van der Waals surface area contributed by atoms with Gasteiger partial charge in [0.2, 0.25) is 16.8 Å². The van der Waals surface area contributed by atoms with Gasteiger partial charge in [-0.1, -0.05) is 0 Å². The molecular formula is C16H21NO10. The van der Waals surface area contributed by atoms with E-state index in [0.717, 1.165) is 0 Å². The van der Waals surface area contributed by atoms with Crippen LogP contribution in [0, 0.1) is 11.3 Å². The molecule has 0 aliphatic rings. The van der Waals surface area contributed by atoms with Crippen LogP contribution in [-0.2, 0) is 24.0 Å². The van der Waals surface area contributed by atoms with Crippen LogP contribution in [-0.4, -0.2) is 83.0 Å². The molecule has 0 aromatic carbocycles. The standard InChI is InChI=1S/C16H21NO10/c1-7(18)12(23)14(25,9(3)20)16(27,11(5)22)15(26,10(4)21)13(24,6-17)8(2)19/h12,23-27H,1-5H3/t12?,13-,14-,15-,16-/m1/s1/i1D,2D,3D,4D,5D. The van der Waals surface area contributed by atoms with Crippen LogP contribution >= 0.6 is 0 Å². The second kappa shape index (κ2) is 7.34. The maximum Gasteiger partial charge on any atom is 0.249 e. The maximum absolute atomic E-state index is 12.6. The minimum atomic E-state index is -4.75. The van der Waals surface area contributed by atoms with E-state index in [2.05, 4.69) is 0 Å². The van der Waals surface area contributed by atoms with E-state index < -0.39 is 91.9 Å². The Morgan fingerprint density at radius 2 is 1.26 bits per heavy atom. The van der Waals surface area contributed by atoms with Crippen molar-refractivity contribution in [3.8, 4) is 6.07 Å². The van der Waals surface area contributed by atoms with Gasteiger partial charge < -0.3 is 25.5 Å². The Labute approximate surface area is 160 Å². The maximum atomic E-state index is 12.6. The van der Waals surface area contributed by atoms with Crippen molar-refractivity contribution in [2.24, 2.45) is 0 Å². The Balaban J connectivity index is 8.01. The molecule has 0 saturated heterocycles. The molecule has 5 atom stereocenters. The molecule has 0 aromatic rings. The second-order valence-electron chi connectivity index (χ2n) is 5.57. The SMILES string of the molecule is [2H]CC(=O)C(O)[C@](O)(C(=O)C[2H])[C@](O)(C(=O)C[2H])[C@@](O)(C(=O)C[2H])[C@@](O)(C#N)C(=O)C[2H].